The Morgan fingerprint density at radius 3 is 2.55 bits per heavy atom. The maximum absolute atomic E-state index is 12.5. The van der Waals surface area contributed by atoms with E-state index in [1.54, 1.807) is 49.4 Å². The van der Waals surface area contributed by atoms with Gasteiger partial charge >= 0.3 is 18.1 Å². The lowest BCUT2D eigenvalue weighted by molar-refractivity contribution is -0.136. The zero-order valence-corrected chi connectivity index (χ0v) is 17.2. The fourth-order valence-corrected chi connectivity index (χ4v) is 3.34. The number of methoxy groups -OCH3 is 1. The van der Waals surface area contributed by atoms with Crippen molar-refractivity contribution in [1.29, 1.82) is 0 Å². The Morgan fingerprint density at radius 2 is 1.87 bits per heavy atom. The molecule has 1 heterocycles. The number of esters is 1. The van der Waals surface area contributed by atoms with Crippen molar-refractivity contribution < 1.29 is 38.4 Å². The van der Waals surface area contributed by atoms with Crippen LogP contribution in [0.1, 0.15) is 39.9 Å². The summed E-state index contributed by atoms with van der Waals surface area (Å²) in [6.45, 7) is 1.85. The fraction of sp³-hybridized carbons (Fsp3) is 0.261. The topological polar surface area (TPSA) is 108 Å². The largest absolute Gasteiger partial charge is 0.519 e. The van der Waals surface area contributed by atoms with Crippen molar-refractivity contribution in [2.45, 2.75) is 32.8 Å². The number of rotatable bonds is 8. The van der Waals surface area contributed by atoms with Gasteiger partial charge in [0.2, 0.25) is 0 Å². The minimum Gasteiger partial charge on any atom is -0.496 e. The predicted octanol–water partition coefficient (Wildman–Crippen LogP) is 4.22. The number of allylic oxidation sites excluding steroid dienone is 2. The molecule has 0 atom stereocenters. The SMILES string of the molecule is COc1c(C)c2c(c(OC(=O)Oc3ccccc3)c1CC=CCCC(=O)O)C(=O)OC2. The van der Waals surface area contributed by atoms with Crippen molar-refractivity contribution in [2.75, 3.05) is 7.11 Å². The molecule has 1 N–H and O–H groups in total. The normalized spacial score (nSPS) is 12.4. The number of carbonyl (C=O) groups excluding carboxylic acids is 2. The zero-order valence-electron chi connectivity index (χ0n) is 17.2. The lowest BCUT2D eigenvalue weighted by atomic mass is 9.95. The summed E-state index contributed by atoms with van der Waals surface area (Å²) in [4.78, 5) is 35.5. The second-order valence-electron chi connectivity index (χ2n) is 6.77. The highest BCUT2D eigenvalue weighted by molar-refractivity contribution is 5.99. The minimum absolute atomic E-state index is 0.00403. The van der Waals surface area contributed by atoms with Gasteiger partial charge in [-0.15, -0.1) is 0 Å². The monoisotopic (exact) mass is 426 g/mol. The molecule has 0 aromatic heterocycles. The van der Waals surface area contributed by atoms with Crippen molar-refractivity contribution in [3.63, 3.8) is 0 Å². The van der Waals surface area contributed by atoms with E-state index in [2.05, 4.69) is 0 Å². The number of ether oxygens (including phenoxy) is 4. The first kappa shape index (κ1) is 21.9. The summed E-state index contributed by atoms with van der Waals surface area (Å²) in [5, 5.41) is 8.77. The summed E-state index contributed by atoms with van der Waals surface area (Å²) < 4.78 is 21.4. The van der Waals surface area contributed by atoms with Crippen LogP contribution in [0.5, 0.6) is 17.2 Å². The zero-order chi connectivity index (χ0) is 22.4. The van der Waals surface area contributed by atoms with Crippen LogP contribution in [-0.4, -0.2) is 30.3 Å². The van der Waals surface area contributed by atoms with Gasteiger partial charge in [-0.3, -0.25) is 4.79 Å². The molecule has 1 aliphatic rings. The molecule has 0 spiro atoms. The van der Waals surface area contributed by atoms with Gasteiger partial charge in [-0.25, -0.2) is 9.59 Å². The van der Waals surface area contributed by atoms with Crippen molar-refractivity contribution in [3.05, 3.63) is 64.7 Å². The van der Waals surface area contributed by atoms with Crippen molar-refractivity contribution in [1.82, 2.24) is 0 Å². The van der Waals surface area contributed by atoms with E-state index in [0.29, 0.717) is 34.6 Å². The third-order valence-electron chi connectivity index (χ3n) is 4.77. The van der Waals surface area contributed by atoms with Crippen LogP contribution >= 0.6 is 0 Å². The second-order valence-corrected chi connectivity index (χ2v) is 6.77. The van der Waals surface area contributed by atoms with E-state index < -0.39 is 18.1 Å². The molecule has 162 valence electrons. The first-order valence-corrected chi connectivity index (χ1v) is 9.63. The number of carbonyl (C=O) groups is 3. The quantitative estimate of drug-likeness (QED) is 0.380. The van der Waals surface area contributed by atoms with Crippen LogP contribution in [0.2, 0.25) is 0 Å². The smallest absolute Gasteiger partial charge is 0.496 e. The molecule has 3 rings (SSSR count). The van der Waals surface area contributed by atoms with Crippen LogP contribution in [0, 0.1) is 6.92 Å². The van der Waals surface area contributed by atoms with E-state index in [9.17, 15) is 14.4 Å². The van der Waals surface area contributed by atoms with E-state index in [0.717, 1.165) is 0 Å². The number of para-hydroxylation sites is 1. The van der Waals surface area contributed by atoms with Crippen molar-refractivity contribution >= 4 is 18.1 Å². The summed E-state index contributed by atoms with van der Waals surface area (Å²) in [7, 11) is 1.48. The molecule has 0 bridgehead atoms. The summed E-state index contributed by atoms with van der Waals surface area (Å²) in [6, 6.07) is 8.39. The maximum atomic E-state index is 12.5. The third kappa shape index (κ3) is 5.03. The highest BCUT2D eigenvalue weighted by atomic mass is 16.7. The maximum Gasteiger partial charge on any atom is 0.519 e. The molecular weight excluding hydrogens is 404 g/mol. The molecule has 2 aromatic rings. The Morgan fingerprint density at radius 1 is 1.13 bits per heavy atom. The van der Waals surface area contributed by atoms with Crippen LogP contribution in [0.25, 0.3) is 0 Å². The predicted molar refractivity (Wildman–Crippen MR) is 110 cm³/mol. The van der Waals surface area contributed by atoms with Crippen LogP contribution in [0.15, 0.2) is 42.5 Å². The number of fused-ring (bicyclic) bond motifs is 1. The van der Waals surface area contributed by atoms with Gasteiger partial charge in [0, 0.05) is 17.5 Å². The lowest BCUT2D eigenvalue weighted by Crippen LogP contribution is -2.17. The van der Waals surface area contributed by atoms with Gasteiger partial charge in [0.25, 0.3) is 0 Å². The number of aliphatic carboxylic acids is 1. The molecule has 0 amide bonds. The van der Waals surface area contributed by atoms with Gasteiger partial charge in [0.15, 0.2) is 5.75 Å². The molecule has 0 saturated heterocycles. The first-order chi connectivity index (χ1) is 14.9. The average Bonchev–Trinajstić information content (AvgIpc) is 3.13. The number of cyclic esters (lactones) is 1. The number of benzene rings is 2. The van der Waals surface area contributed by atoms with Crippen LogP contribution in [-0.2, 0) is 22.6 Å². The Hall–Kier alpha value is -3.81. The summed E-state index contributed by atoms with van der Waals surface area (Å²) in [5.41, 5.74) is 1.93. The van der Waals surface area contributed by atoms with Crippen molar-refractivity contribution in [2.24, 2.45) is 0 Å². The van der Waals surface area contributed by atoms with Crippen molar-refractivity contribution in [3.8, 4) is 17.2 Å². The van der Waals surface area contributed by atoms with E-state index in [1.165, 1.54) is 7.11 Å². The molecule has 1 aliphatic heterocycles. The molecule has 8 nitrogen and oxygen atoms in total. The van der Waals surface area contributed by atoms with Crippen LogP contribution in [0.4, 0.5) is 4.79 Å². The van der Waals surface area contributed by atoms with Crippen LogP contribution < -0.4 is 14.2 Å². The lowest BCUT2D eigenvalue weighted by Gasteiger charge is -2.18. The molecule has 0 unspecified atom stereocenters. The highest BCUT2D eigenvalue weighted by Crippen LogP contribution is 2.43. The third-order valence-corrected chi connectivity index (χ3v) is 4.77. The van der Waals surface area contributed by atoms with Gasteiger partial charge in [0.05, 0.1) is 7.11 Å². The number of hydrogen-bond acceptors (Lipinski definition) is 7. The molecule has 2 aromatic carbocycles. The first-order valence-electron chi connectivity index (χ1n) is 9.63. The average molecular weight is 426 g/mol. The van der Waals surface area contributed by atoms with Gasteiger partial charge in [-0.1, -0.05) is 30.4 Å². The van der Waals surface area contributed by atoms with E-state index >= 15 is 0 Å². The second kappa shape index (κ2) is 9.80. The van der Waals surface area contributed by atoms with E-state index in [-0.39, 0.29) is 30.8 Å². The Bertz CT molecular complexity index is 1020. The molecule has 0 saturated carbocycles. The van der Waals surface area contributed by atoms with E-state index in [4.69, 9.17) is 24.1 Å². The van der Waals surface area contributed by atoms with Crippen LogP contribution in [0.3, 0.4) is 0 Å². The molecule has 0 radical (unpaired) electrons. The molecule has 31 heavy (non-hydrogen) atoms. The van der Waals surface area contributed by atoms with Gasteiger partial charge in [-0.2, -0.15) is 0 Å². The number of carboxylic acids is 1. The molecule has 0 fully saturated rings. The van der Waals surface area contributed by atoms with Gasteiger partial charge in [-0.05, 0) is 37.5 Å². The summed E-state index contributed by atoms with van der Waals surface area (Å²) >= 11 is 0. The molecular formula is C23H22O8. The summed E-state index contributed by atoms with van der Waals surface area (Å²) in [6.07, 6.45) is 3.03. The Kier molecular flexibility index (Phi) is 6.92. The number of hydrogen-bond donors (Lipinski definition) is 1. The highest BCUT2D eigenvalue weighted by Gasteiger charge is 2.34. The standard InChI is InChI=1S/C23H22O8/c1-14-17-13-29-22(26)19(17)21(31-23(27)30-15-9-5-3-6-10-15)16(20(14)28-2)11-7-4-8-12-18(24)25/h3-7,9-10H,8,11-13H2,1-2H3,(H,24,25). The minimum atomic E-state index is -1.00. The Labute approximate surface area is 179 Å². The molecule has 0 aliphatic carbocycles. The van der Waals surface area contributed by atoms with Gasteiger partial charge in [0.1, 0.15) is 23.7 Å². The molecule has 8 heteroatoms. The fourth-order valence-electron chi connectivity index (χ4n) is 3.34. The Balaban J connectivity index is 1.96. The summed E-state index contributed by atoms with van der Waals surface area (Å²) in [5.74, 6) is -0.725. The van der Waals surface area contributed by atoms with Gasteiger partial charge < -0.3 is 24.1 Å². The van der Waals surface area contributed by atoms with E-state index in [1.807, 2.05) is 0 Å². The number of carboxylic acid groups (broad SMARTS) is 1.